The van der Waals surface area contributed by atoms with Crippen molar-refractivity contribution in [2.24, 2.45) is 0 Å². The number of hydrogen-bond donors (Lipinski definition) is 1. The molecule has 0 aliphatic heterocycles. The number of nitrogens with one attached hydrogen (secondary N) is 1. The minimum atomic E-state index is -0.423. The highest BCUT2D eigenvalue weighted by Crippen LogP contribution is 2.19. The fraction of sp³-hybridized carbons (Fsp3) is 0.500. The van der Waals surface area contributed by atoms with Gasteiger partial charge in [-0.3, -0.25) is 0 Å². The normalized spacial score (nSPS) is 12.3. The molecule has 1 rings (SSSR count). The summed E-state index contributed by atoms with van der Waals surface area (Å²) in [6.45, 7) is 6.60. The van der Waals surface area contributed by atoms with E-state index >= 15 is 0 Å². The maximum atomic E-state index is 11.6. The minimum Gasteiger partial charge on any atom is -0.491 e. The molecule has 1 N–H and O–H groups in total. The molecular formula is C14H21NO3. The van der Waals surface area contributed by atoms with E-state index in [1.165, 1.54) is 7.11 Å². The first kappa shape index (κ1) is 14.5. The molecule has 0 aliphatic rings. The van der Waals surface area contributed by atoms with Crippen LogP contribution in [0.1, 0.15) is 32.4 Å². The second kappa shape index (κ2) is 7.01. The van der Waals surface area contributed by atoms with Crippen molar-refractivity contribution in [3.8, 4) is 5.75 Å². The molecule has 0 fully saturated rings. The van der Waals surface area contributed by atoms with Crippen LogP contribution >= 0.6 is 0 Å². The lowest BCUT2D eigenvalue weighted by Gasteiger charge is -2.16. The highest BCUT2D eigenvalue weighted by molar-refractivity contribution is 5.77. The third kappa shape index (κ3) is 4.04. The summed E-state index contributed by atoms with van der Waals surface area (Å²) < 4.78 is 10.3. The van der Waals surface area contributed by atoms with Gasteiger partial charge >= 0.3 is 5.97 Å². The van der Waals surface area contributed by atoms with Crippen molar-refractivity contribution in [1.82, 2.24) is 5.32 Å². The highest BCUT2D eigenvalue weighted by atomic mass is 16.5. The second-order valence-corrected chi connectivity index (χ2v) is 4.25. The Kier molecular flexibility index (Phi) is 5.65. The van der Waals surface area contributed by atoms with E-state index < -0.39 is 6.04 Å². The monoisotopic (exact) mass is 251 g/mol. The third-order valence-electron chi connectivity index (χ3n) is 2.43. The molecular weight excluding hydrogens is 230 g/mol. The van der Waals surface area contributed by atoms with Gasteiger partial charge in [-0.25, -0.2) is 4.79 Å². The molecule has 18 heavy (non-hydrogen) atoms. The van der Waals surface area contributed by atoms with Gasteiger partial charge in [0.15, 0.2) is 0 Å². The molecule has 0 heterocycles. The van der Waals surface area contributed by atoms with Gasteiger partial charge in [0.1, 0.15) is 11.8 Å². The SMILES string of the molecule is CCNC(C(=O)OC)c1ccc(OC(C)C)cc1. The number of carbonyl (C=O) groups excluding carboxylic acids is 1. The molecule has 1 aromatic rings. The molecule has 1 aromatic carbocycles. The van der Waals surface area contributed by atoms with Gasteiger partial charge in [0.2, 0.25) is 0 Å². The number of carbonyl (C=O) groups is 1. The van der Waals surface area contributed by atoms with Crippen molar-refractivity contribution in [2.75, 3.05) is 13.7 Å². The number of likely N-dealkylation sites (N-methyl/N-ethyl adjacent to an activating group) is 1. The molecule has 0 radical (unpaired) electrons. The average Bonchev–Trinajstić information content (AvgIpc) is 2.35. The zero-order valence-electron chi connectivity index (χ0n) is 11.4. The summed E-state index contributed by atoms with van der Waals surface area (Å²) in [6, 6.07) is 7.06. The van der Waals surface area contributed by atoms with Crippen LogP contribution in [0.3, 0.4) is 0 Å². The fourth-order valence-electron chi connectivity index (χ4n) is 1.67. The molecule has 0 amide bonds. The van der Waals surface area contributed by atoms with Gasteiger partial charge < -0.3 is 14.8 Å². The topological polar surface area (TPSA) is 47.6 Å². The van der Waals surface area contributed by atoms with Crippen LogP contribution < -0.4 is 10.1 Å². The number of benzene rings is 1. The van der Waals surface area contributed by atoms with E-state index in [4.69, 9.17) is 9.47 Å². The Hall–Kier alpha value is -1.55. The van der Waals surface area contributed by atoms with Crippen LogP contribution in [0.4, 0.5) is 0 Å². The summed E-state index contributed by atoms with van der Waals surface area (Å²) in [7, 11) is 1.39. The molecule has 0 spiro atoms. The zero-order valence-corrected chi connectivity index (χ0v) is 11.4. The molecule has 0 saturated carbocycles. The Morgan fingerprint density at radius 1 is 1.28 bits per heavy atom. The van der Waals surface area contributed by atoms with Gasteiger partial charge in [0.25, 0.3) is 0 Å². The summed E-state index contributed by atoms with van der Waals surface area (Å²) in [4.78, 5) is 11.6. The molecule has 0 aliphatic carbocycles. The lowest BCUT2D eigenvalue weighted by Crippen LogP contribution is -2.29. The van der Waals surface area contributed by atoms with Gasteiger partial charge in [-0.1, -0.05) is 19.1 Å². The van der Waals surface area contributed by atoms with Crippen LogP contribution in [0.25, 0.3) is 0 Å². The minimum absolute atomic E-state index is 0.140. The Labute approximate surface area is 108 Å². The first-order valence-corrected chi connectivity index (χ1v) is 6.16. The van der Waals surface area contributed by atoms with Crippen molar-refractivity contribution in [1.29, 1.82) is 0 Å². The standard InChI is InChI=1S/C14H21NO3/c1-5-15-13(14(16)17-4)11-6-8-12(9-7-11)18-10(2)3/h6-10,13,15H,5H2,1-4H3. The number of ether oxygens (including phenoxy) is 2. The molecule has 0 aromatic heterocycles. The smallest absolute Gasteiger partial charge is 0.327 e. The molecule has 100 valence electrons. The van der Waals surface area contributed by atoms with Crippen molar-refractivity contribution in [3.05, 3.63) is 29.8 Å². The van der Waals surface area contributed by atoms with Gasteiger partial charge in [-0.15, -0.1) is 0 Å². The number of methoxy groups -OCH3 is 1. The van der Waals surface area contributed by atoms with Crippen LogP contribution in [0, 0.1) is 0 Å². The van der Waals surface area contributed by atoms with E-state index in [1.54, 1.807) is 0 Å². The Balaban J connectivity index is 2.83. The molecule has 1 atom stereocenters. The summed E-state index contributed by atoms with van der Waals surface area (Å²) in [6.07, 6.45) is 0.140. The molecule has 0 saturated heterocycles. The predicted octanol–water partition coefficient (Wildman–Crippen LogP) is 2.30. The third-order valence-corrected chi connectivity index (χ3v) is 2.43. The van der Waals surface area contributed by atoms with E-state index in [0.717, 1.165) is 11.3 Å². The van der Waals surface area contributed by atoms with Gasteiger partial charge in [0.05, 0.1) is 13.2 Å². The van der Waals surface area contributed by atoms with Gasteiger partial charge in [-0.2, -0.15) is 0 Å². The fourth-order valence-corrected chi connectivity index (χ4v) is 1.67. The van der Waals surface area contributed by atoms with Crippen LogP contribution in [0.5, 0.6) is 5.75 Å². The number of esters is 1. The number of rotatable bonds is 6. The zero-order chi connectivity index (χ0) is 13.5. The first-order valence-electron chi connectivity index (χ1n) is 6.16. The van der Waals surface area contributed by atoms with Gasteiger partial charge in [0, 0.05) is 0 Å². The molecule has 4 heteroatoms. The molecule has 4 nitrogen and oxygen atoms in total. The Morgan fingerprint density at radius 2 is 1.89 bits per heavy atom. The van der Waals surface area contributed by atoms with Gasteiger partial charge in [-0.05, 0) is 38.1 Å². The van der Waals surface area contributed by atoms with E-state index in [9.17, 15) is 4.79 Å². The lowest BCUT2D eigenvalue weighted by atomic mass is 10.1. The average molecular weight is 251 g/mol. The Morgan fingerprint density at radius 3 is 2.33 bits per heavy atom. The molecule has 1 unspecified atom stereocenters. The summed E-state index contributed by atoms with van der Waals surface area (Å²) in [5, 5.41) is 3.09. The van der Waals surface area contributed by atoms with Crippen LogP contribution in [0.2, 0.25) is 0 Å². The lowest BCUT2D eigenvalue weighted by molar-refractivity contribution is -0.143. The van der Waals surface area contributed by atoms with Crippen LogP contribution in [-0.4, -0.2) is 25.7 Å². The number of hydrogen-bond acceptors (Lipinski definition) is 4. The van der Waals surface area contributed by atoms with E-state index in [-0.39, 0.29) is 12.1 Å². The highest BCUT2D eigenvalue weighted by Gasteiger charge is 2.19. The van der Waals surface area contributed by atoms with Crippen LogP contribution in [0.15, 0.2) is 24.3 Å². The summed E-state index contributed by atoms with van der Waals surface area (Å²) in [5.41, 5.74) is 0.875. The Bertz CT molecular complexity index is 373. The van der Waals surface area contributed by atoms with E-state index in [2.05, 4.69) is 5.32 Å². The predicted molar refractivity (Wildman–Crippen MR) is 70.6 cm³/mol. The van der Waals surface area contributed by atoms with Crippen LogP contribution in [-0.2, 0) is 9.53 Å². The first-order chi connectivity index (χ1) is 8.58. The maximum Gasteiger partial charge on any atom is 0.327 e. The molecule has 0 bridgehead atoms. The quantitative estimate of drug-likeness (QED) is 0.788. The summed E-state index contributed by atoms with van der Waals surface area (Å²) in [5.74, 6) is 0.517. The maximum absolute atomic E-state index is 11.6. The largest absolute Gasteiger partial charge is 0.491 e. The van der Waals surface area contributed by atoms with E-state index in [0.29, 0.717) is 6.54 Å². The summed E-state index contributed by atoms with van der Waals surface area (Å²) >= 11 is 0. The van der Waals surface area contributed by atoms with Crippen molar-refractivity contribution >= 4 is 5.97 Å². The second-order valence-electron chi connectivity index (χ2n) is 4.25. The van der Waals surface area contributed by atoms with Crippen molar-refractivity contribution in [2.45, 2.75) is 32.9 Å². The van der Waals surface area contributed by atoms with E-state index in [1.807, 2.05) is 45.0 Å². The van der Waals surface area contributed by atoms with Crippen molar-refractivity contribution < 1.29 is 14.3 Å². The van der Waals surface area contributed by atoms with Crippen molar-refractivity contribution in [3.63, 3.8) is 0 Å².